The van der Waals surface area contributed by atoms with Crippen LogP contribution in [0.3, 0.4) is 0 Å². The molecule has 0 aromatic carbocycles. The van der Waals surface area contributed by atoms with Crippen molar-refractivity contribution in [1.82, 2.24) is 4.98 Å². The van der Waals surface area contributed by atoms with E-state index in [1.165, 1.54) is 12.3 Å². The molecule has 2 N–H and O–H groups in total. The summed E-state index contributed by atoms with van der Waals surface area (Å²) in [6, 6.07) is 1.45. The van der Waals surface area contributed by atoms with Crippen molar-refractivity contribution in [2.75, 3.05) is 0 Å². The van der Waals surface area contributed by atoms with Gasteiger partial charge >= 0.3 is 0 Å². The first kappa shape index (κ1) is 8.13. The standard InChI is InChI=1S/C6H4BrFN2O/c7-3-1-2-10-5(8)4(3)6(9)11/h1-2H,(H2,9,11). The van der Waals surface area contributed by atoms with Crippen molar-refractivity contribution in [3.05, 3.63) is 28.2 Å². The molecule has 0 spiro atoms. The second-order valence-corrected chi connectivity index (χ2v) is 2.68. The summed E-state index contributed by atoms with van der Waals surface area (Å²) in [7, 11) is 0. The van der Waals surface area contributed by atoms with E-state index in [1.54, 1.807) is 0 Å². The molecule has 1 rings (SSSR count). The molecule has 0 fully saturated rings. The number of carbonyl (C=O) groups excluding carboxylic acids is 1. The summed E-state index contributed by atoms with van der Waals surface area (Å²) >= 11 is 2.97. The first-order valence-corrected chi connectivity index (χ1v) is 3.52. The minimum absolute atomic E-state index is 0.215. The number of halogens is 2. The number of amides is 1. The lowest BCUT2D eigenvalue weighted by molar-refractivity contribution is 0.0995. The maximum absolute atomic E-state index is 12.7. The Balaban J connectivity index is 3.32. The quantitative estimate of drug-likeness (QED) is 0.718. The van der Waals surface area contributed by atoms with E-state index in [1.807, 2.05) is 0 Å². The molecule has 1 aromatic rings. The number of rotatable bonds is 1. The Kier molecular flexibility index (Phi) is 2.19. The molecule has 0 bridgehead atoms. The van der Waals surface area contributed by atoms with Gasteiger partial charge in [-0.25, -0.2) is 4.98 Å². The molecule has 3 nitrogen and oxygen atoms in total. The van der Waals surface area contributed by atoms with Gasteiger partial charge in [0.2, 0.25) is 5.95 Å². The summed E-state index contributed by atoms with van der Waals surface area (Å²) in [6.45, 7) is 0. The third kappa shape index (κ3) is 1.54. The van der Waals surface area contributed by atoms with Gasteiger partial charge < -0.3 is 5.73 Å². The van der Waals surface area contributed by atoms with Crippen molar-refractivity contribution in [3.63, 3.8) is 0 Å². The molecule has 0 atom stereocenters. The first-order chi connectivity index (χ1) is 5.13. The lowest BCUT2D eigenvalue weighted by Gasteiger charge is -1.98. The maximum atomic E-state index is 12.7. The Morgan fingerprint density at radius 3 is 2.73 bits per heavy atom. The lowest BCUT2D eigenvalue weighted by atomic mass is 10.3. The van der Waals surface area contributed by atoms with Gasteiger partial charge in [-0.1, -0.05) is 0 Å². The fourth-order valence-electron chi connectivity index (χ4n) is 0.634. The minimum atomic E-state index is -0.855. The number of primary amides is 1. The van der Waals surface area contributed by atoms with Crippen LogP contribution in [0.25, 0.3) is 0 Å². The van der Waals surface area contributed by atoms with Gasteiger partial charge in [0.05, 0.1) is 0 Å². The molecular formula is C6H4BrFN2O. The van der Waals surface area contributed by atoms with E-state index in [9.17, 15) is 9.18 Å². The van der Waals surface area contributed by atoms with Gasteiger partial charge in [-0.05, 0) is 22.0 Å². The second-order valence-electron chi connectivity index (χ2n) is 1.82. The Hall–Kier alpha value is -0.970. The van der Waals surface area contributed by atoms with E-state index < -0.39 is 11.9 Å². The van der Waals surface area contributed by atoms with E-state index in [0.717, 1.165) is 0 Å². The molecular weight excluding hydrogens is 215 g/mol. The van der Waals surface area contributed by atoms with E-state index in [0.29, 0.717) is 4.47 Å². The fourth-order valence-corrected chi connectivity index (χ4v) is 1.11. The number of aromatic nitrogens is 1. The largest absolute Gasteiger partial charge is 0.365 e. The van der Waals surface area contributed by atoms with Crippen LogP contribution in [-0.4, -0.2) is 10.9 Å². The summed E-state index contributed by atoms with van der Waals surface area (Å²) in [5, 5.41) is 0. The van der Waals surface area contributed by atoms with E-state index >= 15 is 0 Å². The molecule has 0 unspecified atom stereocenters. The molecule has 1 heterocycles. The Bertz CT molecular complexity index is 282. The summed E-state index contributed by atoms with van der Waals surface area (Å²) in [5.74, 6) is -1.69. The Labute approximate surface area is 70.6 Å². The van der Waals surface area contributed by atoms with Crippen LogP contribution < -0.4 is 5.73 Å². The van der Waals surface area contributed by atoms with E-state index in [2.05, 4.69) is 20.9 Å². The first-order valence-electron chi connectivity index (χ1n) is 2.72. The molecule has 0 saturated heterocycles. The second kappa shape index (κ2) is 2.96. The van der Waals surface area contributed by atoms with Crippen LogP contribution in [0, 0.1) is 5.95 Å². The van der Waals surface area contributed by atoms with Crippen LogP contribution in [0.15, 0.2) is 16.7 Å². The predicted octanol–water partition coefficient (Wildman–Crippen LogP) is 1.08. The summed E-state index contributed by atoms with van der Waals surface area (Å²) < 4.78 is 13.0. The van der Waals surface area contributed by atoms with Gasteiger partial charge in [-0.3, -0.25) is 4.79 Å². The average Bonchev–Trinajstić information content (AvgIpc) is 1.85. The van der Waals surface area contributed by atoms with Crippen molar-refractivity contribution < 1.29 is 9.18 Å². The van der Waals surface area contributed by atoms with Gasteiger partial charge in [0, 0.05) is 10.7 Å². The normalized spacial score (nSPS) is 9.64. The zero-order valence-electron chi connectivity index (χ0n) is 5.34. The van der Waals surface area contributed by atoms with Gasteiger partial charge in [-0.15, -0.1) is 0 Å². The molecule has 5 heteroatoms. The molecule has 0 aliphatic heterocycles. The van der Waals surface area contributed by atoms with Crippen LogP contribution in [0.4, 0.5) is 4.39 Å². The van der Waals surface area contributed by atoms with Gasteiger partial charge in [0.15, 0.2) is 0 Å². The average molecular weight is 219 g/mol. The highest BCUT2D eigenvalue weighted by Gasteiger charge is 2.12. The van der Waals surface area contributed by atoms with Crippen LogP contribution in [0.5, 0.6) is 0 Å². The van der Waals surface area contributed by atoms with Crippen LogP contribution >= 0.6 is 15.9 Å². The summed E-state index contributed by atoms with van der Waals surface area (Å²) in [4.78, 5) is 13.8. The van der Waals surface area contributed by atoms with E-state index in [4.69, 9.17) is 5.73 Å². The number of nitrogens with two attached hydrogens (primary N) is 1. The highest BCUT2D eigenvalue weighted by Crippen LogP contribution is 2.16. The summed E-state index contributed by atoms with van der Waals surface area (Å²) in [6.07, 6.45) is 1.24. The van der Waals surface area contributed by atoms with Crippen molar-refractivity contribution in [2.24, 2.45) is 5.73 Å². The number of hydrogen-bond donors (Lipinski definition) is 1. The zero-order chi connectivity index (χ0) is 8.43. The third-order valence-electron chi connectivity index (χ3n) is 1.10. The predicted molar refractivity (Wildman–Crippen MR) is 40.4 cm³/mol. The number of hydrogen-bond acceptors (Lipinski definition) is 2. The summed E-state index contributed by atoms with van der Waals surface area (Å²) in [5.41, 5.74) is 4.65. The lowest BCUT2D eigenvalue weighted by Crippen LogP contribution is -2.14. The van der Waals surface area contributed by atoms with Crippen molar-refractivity contribution in [2.45, 2.75) is 0 Å². The Morgan fingerprint density at radius 2 is 2.36 bits per heavy atom. The maximum Gasteiger partial charge on any atom is 0.254 e. The van der Waals surface area contributed by atoms with Crippen LogP contribution in [-0.2, 0) is 0 Å². The topological polar surface area (TPSA) is 56.0 Å². The van der Waals surface area contributed by atoms with Crippen molar-refractivity contribution in [1.29, 1.82) is 0 Å². The Morgan fingerprint density at radius 1 is 1.73 bits per heavy atom. The van der Waals surface area contributed by atoms with Gasteiger partial charge in [-0.2, -0.15) is 4.39 Å². The van der Waals surface area contributed by atoms with Crippen LogP contribution in [0.1, 0.15) is 10.4 Å². The van der Waals surface area contributed by atoms with Crippen molar-refractivity contribution >= 4 is 21.8 Å². The molecule has 58 valence electrons. The van der Waals surface area contributed by atoms with E-state index in [-0.39, 0.29) is 5.56 Å². The van der Waals surface area contributed by atoms with Gasteiger partial charge in [0.1, 0.15) is 5.56 Å². The SMILES string of the molecule is NC(=O)c1c(Br)ccnc1F. The molecule has 11 heavy (non-hydrogen) atoms. The van der Waals surface area contributed by atoms with Crippen LogP contribution in [0.2, 0.25) is 0 Å². The highest BCUT2D eigenvalue weighted by atomic mass is 79.9. The molecule has 1 aromatic heterocycles. The highest BCUT2D eigenvalue weighted by molar-refractivity contribution is 9.10. The monoisotopic (exact) mass is 218 g/mol. The van der Waals surface area contributed by atoms with Gasteiger partial charge in [0.25, 0.3) is 5.91 Å². The number of nitrogens with zero attached hydrogens (tertiary/aromatic N) is 1. The smallest absolute Gasteiger partial charge is 0.254 e. The number of carbonyl (C=O) groups is 1. The molecule has 0 aliphatic carbocycles. The number of pyridine rings is 1. The zero-order valence-corrected chi connectivity index (χ0v) is 6.93. The third-order valence-corrected chi connectivity index (χ3v) is 1.76. The molecule has 0 saturated carbocycles. The minimum Gasteiger partial charge on any atom is -0.365 e. The van der Waals surface area contributed by atoms with Crippen molar-refractivity contribution in [3.8, 4) is 0 Å². The molecule has 1 amide bonds. The molecule has 0 aliphatic rings. The molecule has 0 radical (unpaired) electrons. The fraction of sp³-hybridized carbons (Fsp3) is 0.